The van der Waals surface area contributed by atoms with Crippen LogP contribution in [0.3, 0.4) is 0 Å². The second-order valence-electron chi connectivity index (χ2n) is 9.55. The molecular formula is C29H42N4. The largest absolute Gasteiger partial charge is 0.362 e. The number of aromatic nitrogens is 2. The fraction of sp³-hybridized carbons (Fsp3) is 0.517. The van der Waals surface area contributed by atoms with E-state index in [1.165, 1.54) is 49.8 Å². The molecule has 2 aromatic carbocycles. The summed E-state index contributed by atoms with van der Waals surface area (Å²) in [5.74, 6) is 3.72. The van der Waals surface area contributed by atoms with E-state index in [9.17, 15) is 0 Å². The molecule has 0 saturated heterocycles. The molecule has 1 aliphatic carbocycles. The number of fused-ring (bicyclic) bond motifs is 1. The molecule has 0 unspecified atom stereocenters. The van der Waals surface area contributed by atoms with E-state index in [0.29, 0.717) is 0 Å². The van der Waals surface area contributed by atoms with Gasteiger partial charge in [-0.25, -0.2) is 9.97 Å². The SMILES string of the molecule is CCc1ccccc1CNCC1CCC(CC)CC1.Cc1nc(N(C)C)c2ccccc2n1. The van der Waals surface area contributed by atoms with E-state index in [-0.39, 0.29) is 0 Å². The van der Waals surface area contributed by atoms with Gasteiger partial charge in [-0.2, -0.15) is 0 Å². The van der Waals surface area contributed by atoms with E-state index >= 15 is 0 Å². The Morgan fingerprint density at radius 3 is 2.15 bits per heavy atom. The molecule has 1 aliphatic rings. The van der Waals surface area contributed by atoms with Gasteiger partial charge in [-0.15, -0.1) is 0 Å². The van der Waals surface area contributed by atoms with Crippen molar-refractivity contribution in [3.8, 4) is 0 Å². The Morgan fingerprint density at radius 1 is 0.848 bits per heavy atom. The number of hydrogen-bond donors (Lipinski definition) is 1. The van der Waals surface area contributed by atoms with Gasteiger partial charge in [-0.3, -0.25) is 0 Å². The van der Waals surface area contributed by atoms with Crippen molar-refractivity contribution in [1.82, 2.24) is 15.3 Å². The van der Waals surface area contributed by atoms with E-state index in [0.717, 1.165) is 47.3 Å². The van der Waals surface area contributed by atoms with E-state index in [2.05, 4.69) is 53.4 Å². The lowest BCUT2D eigenvalue weighted by Gasteiger charge is -2.28. The first kappa shape index (κ1) is 25.2. The van der Waals surface area contributed by atoms with Crippen LogP contribution < -0.4 is 10.2 Å². The number of benzene rings is 2. The van der Waals surface area contributed by atoms with Crippen LogP contribution in [0.2, 0.25) is 0 Å². The average Bonchev–Trinajstić information content (AvgIpc) is 2.84. The molecule has 1 N–H and O–H groups in total. The summed E-state index contributed by atoms with van der Waals surface area (Å²) in [6, 6.07) is 16.9. The highest BCUT2D eigenvalue weighted by molar-refractivity contribution is 5.89. The topological polar surface area (TPSA) is 41.1 Å². The Bertz CT molecular complexity index is 990. The van der Waals surface area contributed by atoms with Crippen molar-refractivity contribution in [2.45, 2.75) is 65.8 Å². The molecule has 4 rings (SSSR count). The molecule has 1 heterocycles. The second-order valence-corrected chi connectivity index (χ2v) is 9.55. The van der Waals surface area contributed by atoms with Gasteiger partial charge in [0.05, 0.1) is 5.52 Å². The highest BCUT2D eigenvalue weighted by Gasteiger charge is 2.19. The summed E-state index contributed by atoms with van der Waals surface area (Å²) in [6.07, 6.45) is 8.29. The molecule has 0 bridgehead atoms. The minimum Gasteiger partial charge on any atom is -0.362 e. The van der Waals surface area contributed by atoms with Gasteiger partial charge >= 0.3 is 0 Å². The lowest BCUT2D eigenvalue weighted by molar-refractivity contribution is 0.262. The summed E-state index contributed by atoms with van der Waals surface area (Å²) in [4.78, 5) is 10.8. The molecule has 4 heteroatoms. The van der Waals surface area contributed by atoms with E-state index in [1.807, 2.05) is 50.2 Å². The van der Waals surface area contributed by atoms with Crippen molar-refractivity contribution < 1.29 is 0 Å². The van der Waals surface area contributed by atoms with Gasteiger partial charge in [0.25, 0.3) is 0 Å². The Hall–Kier alpha value is -2.46. The van der Waals surface area contributed by atoms with Crippen molar-refractivity contribution in [2.75, 3.05) is 25.5 Å². The fourth-order valence-corrected chi connectivity index (χ4v) is 4.84. The zero-order chi connectivity index (χ0) is 23.6. The molecule has 33 heavy (non-hydrogen) atoms. The molecule has 1 fully saturated rings. The average molecular weight is 447 g/mol. The van der Waals surface area contributed by atoms with Crippen molar-refractivity contribution in [3.05, 3.63) is 65.5 Å². The lowest BCUT2D eigenvalue weighted by Crippen LogP contribution is -2.26. The molecule has 0 aliphatic heterocycles. The number of para-hydroxylation sites is 1. The maximum atomic E-state index is 4.42. The van der Waals surface area contributed by atoms with Gasteiger partial charge in [0.15, 0.2) is 0 Å². The molecular weight excluding hydrogens is 404 g/mol. The van der Waals surface area contributed by atoms with Crippen LogP contribution in [0, 0.1) is 18.8 Å². The van der Waals surface area contributed by atoms with Gasteiger partial charge in [0.2, 0.25) is 0 Å². The third-order valence-corrected chi connectivity index (χ3v) is 6.91. The Kier molecular flexibility index (Phi) is 9.68. The maximum Gasteiger partial charge on any atom is 0.139 e. The van der Waals surface area contributed by atoms with Crippen LogP contribution in [-0.2, 0) is 13.0 Å². The summed E-state index contributed by atoms with van der Waals surface area (Å²) in [5.41, 5.74) is 3.97. The quantitative estimate of drug-likeness (QED) is 0.446. The minimum absolute atomic E-state index is 0.812. The summed E-state index contributed by atoms with van der Waals surface area (Å²) in [7, 11) is 3.99. The van der Waals surface area contributed by atoms with Crippen molar-refractivity contribution in [3.63, 3.8) is 0 Å². The van der Waals surface area contributed by atoms with E-state index < -0.39 is 0 Å². The van der Waals surface area contributed by atoms with Crippen molar-refractivity contribution in [1.29, 1.82) is 0 Å². The number of hydrogen-bond acceptors (Lipinski definition) is 4. The maximum absolute atomic E-state index is 4.42. The lowest BCUT2D eigenvalue weighted by atomic mass is 9.81. The van der Waals surface area contributed by atoms with Crippen LogP contribution in [0.5, 0.6) is 0 Å². The van der Waals surface area contributed by atoms with Crippen LogP contribution in [0.15, 0.2) is 48.5 Å². The molecule has 1 aromatic heterocycles. The summed E-state index contributed by atoms with van der Waals surface area (Å²) in [5, 5.41) is 4.78. The van der Waals surface area contributed by atoms with Crippen LogP contribution in [0.4, 0.5) is 5.82 Å². The van der Waals surface area contributed by atoms with Gasteiger partial charge in [0.1, 0.15) is 11.6 Å². The van der Waals surface area contributed by atoms with Crippen molar-refractivity contribution in [2.24, 2.45) is 11.8 Å². The third-order valence-electron chi connectivity index (χ3n) is 6.91. The first-order valence-corrected chi connectivity index (χ1v) is 12.7. The minimum atomic E-state index is 0.812. The van der Waals surface area contributed by atoms with Crippen LogP contribution in [-0.4, -0.2) is 30.6 Å². The number of rotatable bonds is 7. The van der Waals surface area contributed by atoms with Gasteiger partial charge < -0.3 is 10.2 Å². The molecule has 0 spiro atoms. The van der Waals surface area contributed by atoms with Crippen LogP contribution in [0.1, 0.15) is 62.9 Å². The summed E-state index contributed by atoms with van der Waals surface area (Å²) >= 11 is 0. The summed E-state index contributed by atoms with van der Waals surface area (Å²) in [6.45, 7) is 8.74. The number of anilines is 1. The summed E-state index contributed by atoms with van der Waals surface area (Å²) < 4.78 is 0. The molecule has 3 aromatic rings. The zero-order valence-corrected chi connectivity index (χ0v) is 21.3. The number of aryl methyl sites for hydroxylation is 2. The smallest absolute Gasteiger partial charge is 0.139 e. The second kappa shape index (κ2) is 12.7. The van der Waals surface area contributed by atoms with E-state index in [1.54, 1.807) is 0 Å². The van der Waals surface area contributed by atoms with Crippen molar-refractivity contribution >= 4 is 16.7 Å². The predicted molar refractivity (Wildman–Crippen MR) is 142 cm³/mol. The Labute approximate surface area is 200 Å². The Balaban J connectivity index is 0.000000194. The first-order chi connectivity index (χ1) is 16.0. The normalized spacial score (nSPS) is 18.0. The van der Waals surface area contributed by atoms with Gasteiger partial charge in [0, 0.05) is 26.0 Å². The number of nitrogens with one attached hydrogen (secondary N) is 1. The fourth-order valence-electron chi connectivity index (χ4n) is 4.84. The van der Waals surface area contributed by atoms with Crippen LogP contribution in [0.25, 0.3) is 10.9 Å². The number of nitrogens with zero attached hydrogens (tertiary/aromatic N) is 3. The van der Waals surface area contributed by atoms with Gasteiger partial charge in [-0.1, -0.05) is 69.5 Å². The molecule has 0 atom stereocenters. The van der Waals surface area contributed by atoms with Crippen LogP contribution >= 0.6 is 0 Å². The molecule has 4 nitrogen and oxygen atoms in total. The first-order valence-electron chi connectivity index (χ1n) is 12.7. The Morgan fingerprint density at radius 2 is 1.48 bits per heavy atom. The predicted octanol–water partition coefficient (Wildman–Crippen LogP) is 6.56. The third kappa shape index (κ3) is 7.26. The molecule has 0 amide bonds. The molecule has 0 radical (unpaired) electrons. The van der Waals surface area contributed by atoms with Gasteiger partial charge in [-0.05, 0) is 67.8 Å². The monoisotopic (exact) mass is 446 g/mol. The van der Waals surface area contributed by atoms with E-state index in [4.69, 9.17) is 0 Å². The highest BCUT2D eigenvalue weighted by Crippen LogP contribution is 2.30. The highest BCUT2D eigenvalue weighted by atomic mass is 15.1. The molecule has 178 valence electrons. The molecule has 1 saturated carbocycles. The standard InChI is InChI=1S/C18H29N.C11H13N3/c1-3-15-9-11-16(12-10-15)13-19-14-18-8-6-5-7-17(18)4-2;1-8-12-10-7-5-4-6-9(10)11(13-8)14(2)3/h5-8,15-16,19H,3-4,9-14H2,1-2H3;4-7H,1-3H3. The zero-order valence-electron chi connectivity index (χ0n) is 21.3.